The third-order valence-electron chi connectivity index (χ3n) is 13.7. The van der Waals surface area contributed by atoms with Crippen molar-refractivity contribution < 1.29 is 52.1 Å². The van der Waals surface area contributed by atoms with Gasteiger partial charge in [-0.1, -0.05) is 231 Å². The number of benzene rings is 8. The minimum atomic E-state index is -1.03. The van der Waals surface area contributed by atoms with E-state index in [1.807, 2.05) is 243 Å². The fourth-order valence-electron chi connectivity index (χ4n) is 9.68. The van der Waals surface area contributed by atoms with Crippen LogP contribution in [0, 0.1) is 0 Å². The average Bonchev–Trinajstić information content (AvgIpc) is 3.52. The normalized spacial score (nSPS) is 23.1. The van der Waals surface area contributed by atoms with Crippen molar-refractivity contribution in [1.29, 1.82) is 0 Å². The minimum Gasteiger partial charge on any atom is -0.462 e. The number of rotatable bonds is 27. The van der Waals surface area contributed by atoms with Crippen LogP contribution in [0.4, 0.5) is 0 Å². The molecule has 2 aliphatic rings. The van der Waals surface area contributed by atoms with Crippen LogP contribution in [0.5, 0.6) is 5.75 Å². The Balaban J connectivity index is 1.01. The van der Waals surface area contributed by atoms with E-state index < -0.39 is 61.4 Å². The fourth-order valence-corrected chi connectivity index (χ4v) is 9.68. The summed E-state index contributed by atoms with van der Waals surface area (Å²) in [5.74, 6) is 0.601. The smallest absolute Gasteiger partial charge is 0.229 e. The lowest BCUT2D eigenvalue weighted by atomic mass is 9.96. The Bertz CT molecular complexity index is 2870. The van der Waals surface area contributed by atoms with Gasteiger partial charge in [0.15, 0.2) is 6.29 Å². The zero-order chi connectivity index (χ0) is 52.8. The quantitative estimate of drug-likeness (QED) is 0.0492. The Morgan fingerprint density at radius 2 is 0.513 bits per heavy atom. The summed E-state index contributed by atoms with van der Waals surface area (Å²) >= 11 is 0. The zero-order valence-electron chi connectivity index (χ0n) is 43.7. The van der Waals surface area contributed by atoms with Gasteiger partial charge in [-0.15, -0.1) is 0 Å². The first-order chi connectivity index (χ1) is 38.7. The summed E-state index contributed by atoms with van der Waals surface area (Å²) < 4.78 is 76.9. The van der Waals surface area contributed by atoms with Crippen molar-refractivity contribution in [3.63, 3.8) is 0 Å². The Hall–Kier alpha value is -6.84. The van der Waals surface area contributed by atoms with Crippen LogP contribution in [-0.2, 0) is 93.6 Å². The molecule has 0 spiro atoms. The molecule has 10 atom stereocenters. The molecule has 78 heavy (non-hydrogen) atoms. The average molecular weight is 1050 g/mol. The maximum atomic E-state index is 7.17. The lowest BCUT2D eigenvalue weighted by molar-refractivity contribution is -0.346. The van der Waals surface area contributed by atoms with Crippen LogP contribution in [0.3, 0.4) is 0 Å². The van der Waals surface area contributed by atoms with Crippen LogP contribution in [0.1, 0.15) is 38.9 Å². The third-order valence-corrected chi connectivity index (χ3v) is 13.7. The predicted molar refractivity (Wildman–Crippen MR) is 297 cm³/mol. The molecule has 2 heterocycles. The maximum absolute atomic E-state index is 7.17. The molecule has 2 saturated heterocycles. The molecule has 0 saturated carbocycles. The molecule has 0 N–H and O–H groups in total. The molecule has 0 aromatic heterocycles. The van der Waals surface area contributed by atoms with Gasteiger partial charge in [0.25, 0.3) is 0 Å². The van der Waals surface area contributed by atoms with Crippen LogP contribution in [0.25, 0.3) is 0 Å². The number of hydrogen-bond donors (Lipinski definition) is 0. The van der Waals surface area contributed by atoms with E-state index >= 15 is 0 Å². The van der Waals surface area contributed by atoms with Gasteiger partial charge in [0.2, 0.25) is 6.29 Å². The van der Waals surface area contributed by atoms with Gasteiger partial charge in [-0.25, -0.2) is 0 Å². The zero-order valence-corrected chi connectivity index (χ0v) is 43.7. The minimum absolute atomic E-state index is 0.0426. The summed E-state index contributed by atoms with van der Waals surface area (Å²) in [5, 5.41) is 0. The number of hydrogen-bond acceptors (Lipinski definition) is 11. The van der Waals surface area contributed by atoms with E-state index in [1.54, 1.807) is 0 Å². The van der Waals surface area contributed by atoms with Crippen molar-refractivity contribution in [2.24, 2.45) is 0 Å². The van der Waals surface area contributed by atoms with Gasteiger partial charge in [0.1, 0.15) is 54.6 Å². The van der Waals surface area contributed by atoms with Crippen LogP contribution in [-0.4, -0.2) is 74.6 Å². The third kappa shape index (κ3) is 15.9. The monoisotopic (exact) mass is 1050 g/mol. The highest BCUT2D eigenvalue weighted by Gasteiger charge is 2.53. The van der Waals surface area contributed by atoms with E-state index in [0.717, 1.165) is 38.9 Å². The molecule has 2 fully saturated rings. The second-order valence-corrected chi connectivity index (χ2v) is 19.4. The highest BCUT2D eigenvalue weighted by Crippen LogP contribution is 2.36. The van der Waals surface area contributed by atoms with E-state index in [1.165, 1.54) is 0 Å². The molecular formula is C67H68O11. The molecule has 10 rings (SSSR count). The molecule has 0 bridgehead atoms. The topological polar surface area (TPSA) is 102 Å². The summed E-state index contributed by atoms with van der Waals surface area (Å²) in [6.07, 6.45) is -7.95. The lowest BCUT2D eigenvalue weighted by Crippen LogP contribution is -2.64. The first-order valence-corrected chi connectivity index (χ1v) is 26.9. The highest BCUT2D eigenvalue weighted by atomic mass is 16.8. The summed E-state index contributed by atoms with van der Waals surface area (Å²) in [4.78, 5) is 0. The largest absolute Gasteiger partial charge is 0.462 e. The lowest BCUT2D eigenvalue weighted by Gasteiger charge is -2.48. The molecule has 8 aromatic rings. The molecule has 8 aromatic carbocycles. The van der Waals surface area contributed by atoms with Crippen LogP contribution in [0.15, 0.2) is 243 Å². The second kappa shape index (κ2) is 29.2. The van der Waals surface area contributed by atoms with Crippen LogP contribution < -0.4 is 4.74 Å². The van der Waals surface area contributed by atoms with Crippen molar-refractivity contribution in [3.8, 4) is 5.75 Å². The van der Waals surface area contributed by atoms with Gasteiger partial charge in [0, 0.05) is 0 Å². The Morgan fingerprint density at radius 1 is 0.244 bits per heavy atom. The summed E-state index contributed by atoms with van der Waals surface area (Å²) in [5.41, 5.74) is 6.94. The Morgan fingerprint density at radius 3 is 0.872 bits per heavy atom. The van der Waals surface area contributed by atoms with Gasteiger partial charge < -0.3 is 52.1 Å². The van der Waals surface area contributed by atoms with E-state index in [9.17, 15) is 0 Å². The summed E-state index contributed by atoms with van der Waals surface area (Å²) in [7, 11) is 0. The van der Waals surface area contributed by atoms with Gasteiger partial charge in [0.05, 0.1) is 59.5 Å². The molecule has 0 unspecified atom stereocenters. The van der Waals surface area contributed by atoms with Crippen LogP contribution >= 0.6 is 0 Å². The van der Waals surface area contributed by atoms with Gasteiger partial charge in [-0.05, 0) is 51.1 Å². The van der Waals surface area contributed by atoms with E-state index in [2.05, 4.69) is 0 Å². The highest BCUT2D eigenvalue weighted by molar-refractivity contribution is 5.23. The molecule has 2 aliphatic heterocycles. The van der Waals surface area contributed by atoms with Crippen molar-refractivity contribution in [2.75, 3.05) is 13.2 Å². The number of para-hydroxylation sites is 1. The molecule has 0 amide bonds. The summed E-state index contributed by atoms with van der Waals surface area (Å²) in [6, 6.07) is 80.1. The Kier molecular flexibility index (Phi) is 20.4. The van der Waals surface area contributed by atoms with Gasteiger partial charge in [-0.2, -0.15) is 0 Å². The first-order valence-electron chi connectivity index (χ1n) is 26.9. The molecule has 0 radical (unpaired) electrons. The second-order valence-electron chi connectivity index (χ2n) is 19.4. The SMILES string of the molecule is c1ccc(COC[C@H]2O[C@@H](OC[C@H]3O[C@H](Oc4ccccc4)[C@H](OCc4ccccc4)[C@@H](OCc4ccccc4)[C@@H]3OCc3ccccc3)[C@H](OCc3ccccc3)[C@@H](OCc3ccccc3)[C@@H]2OCc2ccccc2)cc1. The molecule has 11 heteroatoms. The summed E-state index contributed by atoms with van der Waals surface area (Å²) in [6.45, 7) is 2.08. The molecule has 0 aliphatic carbocycles. The maximum Gasteiger partial charge on any atom is 0.229 e. The van der Waals surface area contributed by atoms with E-state index in [0.29, 0.717) is 19.0 Å². The molecule has 11 nitrogen and oxygen atoms in total. The Labute approximate surface area is 458 Å². The fraction of sp³-hybridized carbons (Fsp3) is 0.284. The predicted octanol–water partition coefficient (Wildman–Crippen LogP) is 12.3. The van der Waals surface area contributed by atoms with E-state index in [4.69, 9.17) is 52.1 Å². The van der Waals surface area contributed by atoms with Crippen molar-refractivity contribution in [2.45, 2.75) is 108 Å². The number of ether oxygens (including phenoxy) is 11. The van der Waals surface area contributed by atoms with Gasteiger partial charge in [-0.3, -0.25) is 0 Å². The molecule has 402 valence electrons. The van der Waals surface area contributed by atoms with Crippen LogP contribution in [0.2, 0.25) is 0 Å². The van der Waals surface area contributed by atoms with Crippen molar-refractivity contribution >= 4 is 0 Å². The van der Waals surface area contributed by atoms with Gasteiger partial charge >= 0.3 is 0 Å². The standard InChI is InChI=1S/C67H68O11/c1-9-25-50(26-10-1)41-68-48-58-60(69-42-51-27-11-2-12-28-51)62(71-44-53-31-15-4-16-32-53)64(73-46-55-35-19-6-20-36-55)66(77-58)75-49-59-61(70-43-52-29-13-3-14-30-52)63(72-45-54-33-17-5-18-34-54)65(74-47-56-37-21-7-22-38-56)67(78-59)76-57-39-23-8-24-40-57/h1-40,58-67H,41-49H2/t58-,59-,60-,61-,62+,63+,64-,65-,66-,67+/m1/s1. The van der Waals surface area contributed by atoms with E-state index in [-0.39, 0.29) is 46.2 Å². The van der Waals surface area contributed by atoms with Crippen molar-refractivity contribution in [3.05, 3.63) is 282 Å². The van der Waals surface area contributed by atoms with Crippen molar-refractivity contribution in [1.82, 2.24) is 0 Å². The first kappa shape index (κ1) is 54.5. The molecular weight excluding hydrogens is 981 g/mol.